The summed E-state index contributed by atoms with van der Waals surface area (Å²) in [5.74, 6) is -1.54. The van der Waals surface area contributed by atoms with Gasteiger partial charge in [0.15, 0.2) is 0 Å². The lowest BCUT2D eigenvalue weighted by molar-refractivity contribution is -0.137. The minimum Gasteiger partial charge on any atom is -0.478 e. The molecule has 0 aliphatic heterocycles. The number of anilines is 2. The van der Waals surface area contributed by atoms with Crippen LogP contribution in [0.15, 0.2) is 66.7 Å². The molecule has 3 aromatic carbocycles. The molecule has 1 heterocycles. The van der Waals surface area contributed by atoms with Gasteiger partial charge in [0.1, 0.15) is 5.69 Å². The van der Waals surface area contributed by atoms with Gasteiger partial charge >= 0.3 is 12.1 Å². The molecule has 3 N–H and O–H groups in total. The highest BCUT2D eigenvalue weighted by Crippen LogP contribution is 2.36. The number of carboxylic acid groups (broad SMARTS) is 1. The van der Waals surface area contributed by atoms with Gasteiger partial charge in [-0.3, -0.25) is 4.79 Å². The molecule has 36 heavy (non-hydrogen) atoms. The van der Waals surface area contributed by atoms with Crippen LogP contribution < -0.4 is 10.6 Å². The number of hydrogen-bond donors (Lipinski definition) is 3. The van der Waals surface area contributed by atoms with Crippen molar-refractivity contribution in [2.45, 2.75) is 19.1 Å². The van der Waals surface area contributed by atoms with Crippen LogP contribution in [0.5, 0.6) is 0 Å². The van der Waals surface area contributed by atoms with Crippen molar-refractivity contribution in [2.75, 3.05) is 5.32 Å². The van der Waals surface area contributed by atoms with Crippen molar-refractivity contribution in [1.82, 2.24) is 9.88 Å². The number of carbonyl (C=O) groups excluding carboxylic acids is 1. The molecule has 1 aromatic heterocycles. The lowest BCUT2D eigenvalue weighted by atomic mass is 10.1. The largest absolute Gasteiger partial charge is 0.478 e. The predicted molar refractivity (Wildman–Crippen MR) is 132 cm³/mol. The molecular formula is C26H21ClF3N3O3. The van der Waals surface area contributed by atoms with E-state index in [-0.39, 0.29) is 16.9 Å². The third-order valence-electron chi connectivity index (χ3n) is 5.84. The van der Waals surface area contributed by atoms with Crippen molar-refractivity contribution in [2.24, 2.45) is 7.05 Å². The van der Waals surface area contributed by atoms with Gasteiger partial charge < -0.3 is 20.3 Å². The molecule has 1 amide bonds. The number of benzene rings is 3. The first kappa shape index (κ1) is 25.1. The number of carbonyl (C=O) groups is 2. The molecule has 0 saturated carbocycles. The van der Waals surface area contributed by atoms with Crippen molar-refractivity contribution in [3.8, 4) is 0 Å². The maximum atomic E-state index is 13.4. The molecule has 4 aromatic rings. The average molecular weight is 516 g/mol. The molecule has 1 atom stereocenters. The van der Waals surface area contributed by atoms with E-state index in [2.05, 4.69) is 10.6 Å². The molecular weight excluding hydrogens is 495 g/mol. The highest BCUT2D eigenvalue weighted by Gasteiger charge is 2.31. The van der Waals surface area contributed by atoms with Gasteiger partial charge in [0, 0.05) is 23.1 Å². The molecule has 6 nitrogen and oxygen atoms in total. The lowest BCUT2D eigenvalue weighted by Gasteiger charge is -2.17. The third kappa shape index (κ3) is 5.01. The van der Waals surface area contributed by atoms with E-state index >= 15 is 0 Å². The minimum atomic E-state index is -4.52. The number of nitrogens with zero attached hydrogens (tertiary/aromatic N) is 1. The van der Waals surface area contributed by atoms with E-state index in [0.717, 1.165) is 12.1 Å². The summed E-state index contributed by atoms with van der Waals surface area (Å²) in [4.78, 5) is 24.5. The Morgan fingerprint density at radius 3 is 2.36 bits per heavy atom. The second-order valence-corrected chi connectivity index (χ2v) is 8.71. The van der Waals surface area contributed by atoms with Crippen LogP contribution in [0.25, 0.3) is 10.9 Å². The molecule has 0 radical (unpaired) electrons. The monoisotopic (exact) mass is 515 g/mol. The molecule has 4 rings (SSSR count). The van der Waals surface area contributed by atoms with Gasteiger partial charge in [-0.1, -0.05) is 29.8 Å². The van der Waals surface area contributed by atoms with Crippen molar-refractivity contribution in [1.29, 1.82) is 0 Å². The highest BCUT2D eigenvalue weighted by molar-refractivity contribution is 6.31. The number of halogens is 4. The second kappa shape index (κ2) is 9.58. The summed E-state index contributed by atoms with van der Waals surface area (Å²) in [6.45, 7) is 1.74. The molecule has 1 unspecified atom stereocenters. The van der Waals surface area contributed by atoms with Gasteiger partial charge in [-0.05, 0) is 61.0 Å². The Hall–Kier alpha value is -3.98. The zero-order valence-corrected chi connectivity index (χ0v) is 19.9. The minimum absolute atomic E-state index is 0.121. The van der Waals surface area contributed by atoms with E-state index in [0.29, 0.717) is 27.2 Å². The number of carboxylic acids is 1. The molecule has 0 spiro atoms. The zero-order chi connectivity index (χ0) is 26.2. The van der Waals surface area contributed by atoms with Crippen LogP contribution in [-0.2, 0) is 13.2 Å². The topological polar surface area (TPSA) is 83.4 Å². The first-order valence-electron chi connectivity index (χ1n) is 10.8. The molecule has 10 heteroatoms. The standard InChI is InChI=1S/C26H21ClF3N3O3/c1-14(15-6-8-16(9-7-15)25(35)36)31-24(34)23-22(20-11-10-18(27)13-21(20)33(23)2)32-19-5-3-4-17(12-19)26(28,29)30/h3-14,32H,1-2H3,(H,31,34)(H,35,36). The summed E-state index contributed by atoms with van der Waals surface area (Å²) in [5.41, 5.74) is 1.28. The second-order valence-electron chi connectivity index (χ2n) is 8.27. The Morgan fingerprint density at radius 2 is 1.72 bits per heavy atom. The molecule has 186 valence electrons. The lowest BCUT2D eigenvalue weighted by Crippen LogP contribution is -2.29. The quantitative estimate of drug-likeness (QED) is 0.264. The van der Waals surface area contributed by atoms with E-state index in [1.165, 1.54) is 24.3 Å². The van der Waals surface area contributed by atoms with Gasteiger partial charge in [0.2, 0.25) is 0 Å². The normalized spacial score (nSPS) is 12.4. The fourth-order valence-corrected chi connectivity index (χ4v) is 4.15. The SMILES string of the molecule is CC(NC(=O)c1c(Nc2cccc(C(F)(F)F)c2)c2ccc(Cl)cc2n1C)c1ccc(C(=O)O)cc1. The van der Waals surface area contributed by atoms with Gasteiger partial charge in [-0.2, -0.15) is 13.2 Å². The van der Waals surface area contributed by atoms with Crippen LogP contribution in [-0.4, -0.2) is 21.6 Å². The van der Waals surface area contributed by atoms with E-state index in [4.69, 9.17) is 16.7 Å². The van der Waals surface area contributed by atoms with E-state index in [1.807, 2.05) is 0 Å². The van der Waals surface area contributed by atoms with Gasteiger partial charge in [0.25, 0.3) is 5.91 Å². The number of amides is 1. The number of hydrogen-bond acceptors (Lipinski definition) is 3. The van der Waals surface area contributed by atoms with Crippen molar-refractivity contribution < 1.29 is 27.9 Å². The van der Waals surface area contributed by atoms with Gasteiger partial charge in [-0.15, -0.1) is 0 Å². The van der Waals surface area contributed by atoms with Crippen LogP contribution in [0, 0.1) is 0 Å². The summed E-state index contributed by atoms with van der Waals surface area (Å²) in [7, 11) is 1.66. The molecule has 0 aliphatic rings. The van der Waals surface area contributed by atoms with E-state index in [9.17, 15) is 22.8 Å². The number of nitrogens with one attached hydrogen (secondary N) is 2. The number of aryl methyl sites for hydroxylation is 1. The zero-order valence-electron chi connectivity index (χ0n) is 19.2. The molecule has 0 aliphatic carbocycles. The van der Waals surface area contributed by atoms with Gasteiger partial charge in [0.05, 0.1) is 28.4 Å². The Morgan fingerprint density at radius 1 is 1.03 bits per heavy atom. The number of aromatic nitrogens is 1. The number of aromatic carboxylic acids is 1. The average Bonchev–Trinajstić information content (AvgIpc) is 3.09. The van der Waals surface area contributed by atoms with E-state index in [1.54, 1.807) is 48.9 Å². The summed E-state index contributed by atoms with van der Waals surface area (Å²) in [5, 5.41) is 16.0. The molecule has 0 saturated heterocycles. The smallest absolute Gasteiger partial charge is 0.416 e. The maximum absolute atomic E-state index is 13.4. The Balaban J connectivity index is 1.72. The fraction of sp³-hybridized carbons (Fsp3) is 0.154. The summed E-state index contributed by atoms with van der Waals surface area (Å²) >= 11 is 6.16. The molecule has 0 bridgehead atoms. The molecule has 0 fully saturated rings. The van der Waals surface area contributed by atoms with Crippen LogP contribution >= 0.6 is 11.6 Å². The van der Waals surface area contributed by atoms with Crippen LogP contribution in [0.1, 0.15) is 44.9 Å². The number of rotatable bonds is 6. The van der Waals surface area contributed by atoms with Gasteiger partial charge in [-0.25, -0.2) is 4.79 Å². The van der Waals surface area contributed by atoms with Crippen molar-refractivity contribution >= 4 is 45.8 Å². The van der Waals surface area contributed by atoms with Crippen LogP contribution in [0.2, 0.25) is 5.02 Å². The number of alkyl halides is 3. The highest BCUT2D eigenvalue weighted by atomic mass is 35.5. The van der Waals surface area contributed by atoms with Crippen LogP contribution in [0.3, 0.4) is 0 Å². The fourth-order valence-electron chi connectivity index (χ4n) is 3.98. The van der Waals surface area contributed by atoms with Crippen molar-refractivity contribution in [3.05, 3.63) is 94.1 Å². The first-order valence-corrected chi connectivity index (χ1v) is 11.2. The summed E-state index contributed by atoms with van der Waals surface area (Å²) < 4.78 is 41.4. The predicted octanol–water partition coefficient (Wildman–Crippen LogP) is 6.78. The Kier molecular flexibility index (Phi) is 6.69. The summed E-state index contributed by atoms with van der Waals surface area (Å²) in [6, 6.07) is 15.3. The maximum Gasteiger partial charge on any atom is 0.416 e. The summed E-state index contributed by atoms with van der Waals surface area (Å²) in [6.07, 6.45) is -4.52. The number of fused-ring (bicyclic) bond motifs is 1. The van der Waals surface area contributed by atoms with E-state index < -0.39 is 29.7 Å². The Labute approximate surface area is 209 Å². The van der Waals surface area contributed by atoms with Crippen LogP contribution in [0.4, 0.5) is 24.5 Å². The van der Waals surface area contributed by atoms with Crippen molar-refractivity contribution in [3.63, 3.8) is 0 Å². The first-order chi connectivity index (χ1) is 17.0. The third-order valence-corrected chi connectivity index (χ3v) is 6.08. The Bertz CT molecular complexity index is 1460.